The van der Waals surface area contributed by atoms with Crippen LogP contribution in [0.4, 0.5) is 0 Å². The summed E-state index contributed by atoms with van der Waals surface area (Å²) in [6, 6.07) is -0.0607. The molecule has 140 valence electrons. The highest BCUT2D eigenvalue weighted by molar-refractivity contribution is 7.87. The van der Waals surface area contributed by atoms with E-state index < -0.39 is 10.2 Å². The quantitative estimate of drug-likeness (QED) is 0.757. The first kappa shape index (κ1) is 19.7. The number of carbonyl (C=O) groups is 1. The molecule has 0 bridgehead atoms. The second-order valence-corrected chi connectivity index (χ2v) is 9.04. The van der Waals surface area contributed by atoms with Crippen LogP contribution in [0.3, 0.4) is 0 Å². The molecule has 0 atom stereocenters. The van der Waals surface area contributed by atoms with E-state index in [1.165, 1.54) is 10.7 Å². The van der Waals surface area contributed by atoms with Crippen molar-refractivity contribution in [2.24, 2.45) is 5.92 Å². The second-order valence-electron chi connectivity index (χ2n) is 7.23. The fraction of sp³-hybridized carbons (Fsp3) is 0.941. The molecule has 1 saturated heterocycles. The van der Waals surface area contributed by atoms with Crippen LogP contribution in [0.15, 0.2) is 0 Å². The van der Waals surface area contributed by atoms with Gasteiger partial charge in [0.1, 0.15) is 0 Å². The molecule has 0 aromatic heterocycles. The Hall–Kier alpha value is -0.660. The van der Waals surface area contributed by atoms with E-state index in [-0.39, 0.29) is 17.9 Å². The first-order chi connectivity index (χ1) is 11.4. The average Bonchev–Trinajstić information content (AvgIpc) is 2.60. The van der Waals surface area contributed by atoms with Gasteiger partial charge < -0.3 is 4.90 Å². The van der Waals surface area contributed by atoms with Crippen molar-refractivity contribution in [2.75, 3.05) is 26.7 Å². The maximum atomic E-state index is 12.6. The lowest BCUT2D eigenvalue weighted by molar-refractivity contribution is -0.137. The fourth-order valence-electron chi connectivity index (χ4n) is 3.63. The van der Waals surface area contributed by atoms with Crippen LogP contribution in [0.1, 0.15) is 64.7 Å². The van der Waals surface area contributed by atoms with Gasteiger partial charge in [-0.2, -0.15) is 17.4 Å². The molecular weight excluding hydrogens is 326 g/mol. The zero-order valence-electron chi connectivity index (χ0n) is 15.2. The van der Waals surface area contributed by atoms with Crippen LogP contribution in [0.5, 0.6) is 0 Å². The van der Waals surface area contributed by atoms with Gasteiger partial charge in [-0.25, -0.2) is 0 Å². The SMILES string of the molecule is CCCCN(C)S(=O)(=O)NC1CCN(C(=O)C2CCCCC2)CC1. The minimum absolute atomic E-state index is 0.0607. The molecule has 6 nitrogen and oxygen atoms in total. The van der Waals surface area contributed by atoms with Crippen LogP contribution < -0.4 is 4.72 Å². The van der Waals surface area contributed by atoms with E-state index in [4.69, 9.17) is 0 Å². The lowest BCUT2D eigenvalue weighted by atomic mass is 9.87. The van der Waals surface area contributed by atoms with Crippen molar-refractivity contribution in [2.45, 2.75) is 70.8 Å². The van der Waals surface area contributed by atoms with Crippen LogP contribution in [-0.4, -0.2) is 56.3 Å². The monoisotopic (exact) mass is 359 g/mol. The number of unbranched alkanes of at least 4 members (excludes halogenated alkanes) is 1. The second kappa shape index (κ2) is 9.15. The van der Waals surface area contributed by atoms with Crippen molar-refractivity contribution in [3.63, 3.8) is 0 Å². The highest BCUT2D eigenvalue weighted by Crippen LogP contribution is 2.26. The van der Waals surface area contributed by atoms with Crippen LogP contribution in [-0.2, 0) is 15.0 Å². The van der Waals surface area contributed by atoms with Crippen molar-refractivity contribution in [1.29, 1.82) is 0 Å². The molecule has 1 saturated carbocycles. The molecule has 1 aliphatic carbocycles. The van der Waals surface area contributed by atoms with Gasteiger partial charge >= 0.3 is 0 Å². The van der Waals surface area contributed by atoms with Crippen LogP contribution in [0.2, 0.25) is 0 Å². The van der Waals surface area contributed by atoms with E-state index >= 15 is 0 Å². The summed E-state index contributed by atoms with van der Waals surface area (Å²) in [7, 11) is -1.79. The van der Waals surface area contributed by atoms with E-state index in [0.717, 1.165) is 38.5 Å². The normalized spacial score (nSPS) is 21.4. The molecule has 0 spiro atoms. The summed E-state index contributed by atoms with van der Waals surface area (Å²) in [5.74, 6) is 0.489. The fourth-order valence-corrected chi connectivity index (χ4v) is 4.83. The summed E-state index contributed by atoms with van der Waals surface area (Å²) < 4.78 is 28.8. The summed E-state index contributed by atoms with van der Waals surface area (Å²) in [6.45, 7) is 3.93. The lowest BCUT2D eigenvalue weighted by Crippen LogP contribution is -2.50. The molecule has 0 aromatic rings. The van der Waals surface area contributed by atoms with Crippen molar-refractivity contribution in [1.82, 2.24) is 13.9 Å². The minimum Gasteiger partial charge on any atom is -0.342 e. The van der Waals surface area contributed by atoms with Crippen molar-refractivity contribution < 1.29 is 13.2 Å². The third kappa shape index (κ3) is 5.43. The molecule has 1 amide bonds. The van der Waals surface area contributed by atoms with E-state index in [2.05, 4.69) is 4.72 Å². The van der Waals surface area contributed by atoms with Crippen LogP contribution in [0.25, 0.3) is 0 Å². The summed E-state index contributed by atoms with van der Waals surface area (Å²) in [5.41, 5.74) is 0. The van der Waals surface area contributed by atoms with Gasteiger partial charge in [0, 0.05) is 38.6 Å². The standard InChI is InChI=1S/C17H33N3O3S/c1-3-4-12-19(2)24(22,23)18-16-10-13-20(14-11-16)17(21)15-8-6-5-7-9-15/h15-16,18H,3-14H2,1-2H3. The number of carbonyl (C=O) groups excluding carboxylic acids is 1. The van der Waals surface area contributed by atoms with E-state index in [1.54, 1.807) is 7.05 Å². The Labute approximate surface area is 147 Å². The molecule has 0 aromatic carbocycles. The predicted octanol–water partition coefficient (Wildman–Crippen LogP) is 2.12. The zero-order chi connectivity index (χ0) is 17.6. The van der Waals surface area contributed by atoms with E-state index in [9.17, 15) is 13.2 Å². The van der Waals surface area contributed by atoms with Gasteiger partial charge in [0.15, 0.2) is 0 Å². The summed E-state index contributed by atoms with van der Waals surface area (Å²) in [5, 5.41) is 0. The van der Waals surface area contributed by atoms with E-state index in [0.29, 0.717) is 32.5 Å². The van der Waals surface area contributed by atoms with Crippen LogP contribution in [0, 0.1) is 5.92 Å². The molecule has 1 N–H and O–H groups in total. The molecule has 2 fully saturated rings. The molecule has 0 unspecified atom stereocenters. The Morgan fingerprint density at radius 3 is 2.33 bits per heavy atom. The third-order valence-electron chi connectivity index (χ3n) is 5.31. The smallest absolute Gasteiger partial charge is 0.279 e. The van der Waals surface area contributed by atoms with Gasteiger partial charge in [-0.05, 0) is 32.1 Å². The number of nitrogens with one attached hydrogen (secondary N) is 1. The van der Waals surface area contributed by atoms with Gasteiger partial charge in [-0.1, -0.05) is 32.6 Å². The zero-order valence-corrected chi connectivity index (χ0v) is 16.0. The highest BCUT2D eigenvalue weighted by atomic mass is 32.2. The topological polar surface area (TPSA) is 69.7 Å². The number of piperidine rings is 1. The molecule has 1 aliphatic heterocycles. The Morgan fingerprint density at radius 2 is 1.75 bits per heavy atom. The number of nitrogens with zero attached hydrogens (tertiary/aromatic N) is 2. The number of likely N-dealkylation sites (tertiary alicyclic amines) is 1. The first-order valence-corrected chi connectivity index (χ1v) is 10.9. The van der Waals surface area contributed by atoms with Crippen molar-refractivity contribution in [3.05, 3.63) is 0 Å². The molecule has 0 radical (unpaired) electrons. The molecular formula is C17H33N3O3S. The Balaban J connectivity index is 1.78. The first-order valence-electron chi connectivity index (χ1n) is 9.46. The molecule has 2 rings (SSSR count). The maximum absolute atomic E-state index is 12.6. The molecule has 1 heterocycles. The maximum Gasteiger partial charge on any atom is 0.279 e. The Bertz CT molecular complexity index is 495. The molecule has 24 heavy (non-hydrogen) atoms. The predicted molar refractivity (Wildman–Crippen MR) is 95.8 cm³/mol. The summed E-state index contributed by atoms with van der Waals surface area (Å²) in [4.78, 5) is 14.5. The largest absolute Gasteiger partial charge is 0.342 e. The van der Waals surface area contributed by atoms with E-state index in [1.807, 2.05) is 11.8 Å². The number of hydrogen-bond donors (Lipinski definition) is 1. The van der Waals surface area contributed by atoms with Gasteiger partial charge in [0.2, 0.25) is 5.91 Å². The van der Waals surface area contributed by atoms with Crippen LogP contribution >= 0.6 is 0 Å². The summed E-state index contributed by atoms with van der Waals surface area (Å²) >= 11 is 0. The van der Waals surface area contributed by atoms with Gasteiger partial charge in [-0.15, -0.1) is 0 Å². The van der Waals surface area contributed by atoms with Crippen molar-refractivity contribution in [3.8, 4) is 0 Å². The average molecular weight is 360 g/mol. The van der Waals surface area contributed by atoms with Gasteiger partial charge in [0.25, 0.3) is 10.2 Å². The number of hydrogen-bond acceptors (Lipinski definition) is 3. The third-order valence-corrected chi connectivity index (χ3v) is 6.95. The minimum atomic E-state index is -3.41. The van der Waals surface area contributed by atoms with Crippen molar-refractivity contribution >= 4 is 16.1 Å². The number of amides is 1. The highest BCUT2D eigenvalue weighted by Gasteiger charge is 2.31. The summed E-state index contributed by atoms with van der Waals surface area (Å²) in [6.07, 6.45) is 8.87. The molecule has 2 aliphatic rings. The Morgan fingerprint density at radius 1 is 1.12 bits per heavy atom. The molecule has 7 heteroatoms. The number of rotatable bonds is 7. The van der Waals surface area contributed by atoms with Gasteiger partial charge in [-0.3, -0.25) is 4.79 Å². The van der Waals surface area contributed by atoms with Gasteiger partial charge in [0.05, 0.1) is 0 Å². The Kier molecular flexibility index (Phi) is 7.50. The lowest BCUT2D eigenvalue weighted by Gasteiger charge is -2.35.